The average molecular weight is 867 g/mol. The maximum absolute atomic E-state index is 13.4. The van der Waals surface area contributed by atoms with Crippen molar-refractivity contribution in [3.63, 3.8) is 0 Å². The number of anilines is 2. The first-order valence-electron chi connectivity index (χ1n) is 21.6. The van der Waals surface area contributed by atoms with Crippen molar-refractivity contribution in [2.45, 2.75) is 91.0 Å². The fourth-order valence-electron chi connectivity index (χ4n) is 7.51. The van der Waals surface area contributed by atoms with Crippen LogP contribution in [0.3, 0.4) is 0 Å². The molecule has 2 aliphatic rings. The maximum Gasteiger partial charge on any atom is 0.419 e. The quantitative estimate of drug-likeness (QED) is 0.142. The van der Waals surface area contributed by atoms with E-state index in [0.29, 0.717) is 23.2 Å². The van der Waals surface area contributed by atoms with E-state index in [9.17, 15) is 18.7 Å². The summed E-state index contributed by atoms with van der Waals surface area (Å²) >= 11 is 0. The average Bonchev–Trinajstić information content (AvgIpc) is 3.84. The molecule has 12 nitrogen and oxygen atoms in total. The molecule has 0 unspecified atom stereocenters. The van der Waals surface area contributed by atoms with Crippen LogP contribution in [-0.4, -0.2) is 94.1 Å². The Morgan fingerprint density at radius 3 is 1.82 bits per heavy atom. The molecule has 8 rings (SSSR count). The summed E-state index contributed by atoms with van der Waals surface area (Å²) in [6.07, 6.45) is 9.93. The lowest BCUT2D eigenvalue weighted by Crippen LogP contribution is -2.43. The van der Waals surface area contributed by atoms with E-state index in [4.69, 9.17) is 9.16 Å². The van der Waals surface area contributed by atoms with Crippen LogP contribution in [0.5, 0.6) is 11.5 Å². The number of aromatic hydroxyl groups is 1. The molecule has 0 aliphatic carbocycles. The van der Waals surface area contributed by atoms with Crippen LogP contribution >= 0.6 is 0 Å². The van der Waals surface area contributed by atoms with E-state index in [1.165, 1.54) is 0 Å². The predicted molar refractivity (Wildman–Crippen MR) is 245 cm³/mol. The molecule has 330 valence electrons. The van der Waals surface area contributed by atoms with E-state index in [0.717, 1.165) is 90.7 Å². The normalized spacial score (nSPS) is 15.8. The van der Waals surface area contributed by atoms with Gasteiger partial charge in [-0.15, -0.1) is 0 Å². The number of aromatic amines is 1. The Bertz CT molecular complexity index is 2460. The minimum Gasteiger partial charge on any atom is -0.543 e. The molecule has 0 atom stereocenters. The number of ether oxygens (including phenoxy) is 1. The second-order valence-electron chi connectivity index (χ2n) is 19.1. The second kappa shape index (κ2) is 18.0. The van der Waals surface area contributed by atoms with Gasteiger partial charge in [-0.05, 0) is 125 Å². The third-order valence-electron chi connectivity index (χ3n) is 12.2. The molecule has 4 aromatic heterocycles. The molecule has 2 saturated heterocycles. The number of carbonyl (C=O) groups excluding carboxylic acids is 1. The maximum atomic E-state index is 13.4. The molecule has 0 saturated carbocycles. The molecule has 15 heteroatoms. The van der Waals surface area contributed by atoms with Gasteiger partial charge in [-0.3, -0.25) is 8.78 Å². The van der Waals surface area contributed by atoms with Crippen LogP contribution < -0.4 is 14.2 Å². The van der Waals surface area contributed by atoms with Crippen molar-refractivity contribution in [3.05, 3.63) is 73.3 Å². The number of nitrogens with one attached hydrogen (secondary N) is 1. The lowest BCUT2D eigenvalue weighted by atomic mass is 9.99. The summed E-state index contributed by atoms with van der Waals surface area (Å²) < 4.78 is 39.6. The van der Waals surface area contributed by atoms with E-state index >= 15 is 0 Å². The highest BCUT2D eigenvalue weighted by Gasteiger charge is 2.39. The Kier molecular flexibility index (Phi) is 12.9. The predicted octanol–water partition coefficient (Wildman–Crippen LogP) is 11.0. The third kappa shape index (κ3) is 10.2. The molecule has 0 bridgehead atoms. The van der Waals surface area contributed by atoms with Gasteiger partial charge < -0.3 is 29.1 Å². The van der Waals surface area contributed by atoms with E-state index in [1.807, 2.05) is 57.2 Å². The summed E-state index contributed by atoms with van der Waals surface area (Å²) in [6, 6.07) is 15.0. The fraction of sp³-hybridized carbons (Fsp3) is 0.468. The number of aromatic nitrogens is 6. The van der Waals surface area contributed by atoms with Crippen molar-refractivity contribution in [2.24, 2.45) is 11.8 Å². The molecule has 0 amide bonds. The van der Waals surface area contributed by atoms with Gasteiger partial charge in [-0.1, -0.05) is 20.8 Å². The molecule has 62 heavy (non-hydrogen) atoms. The minimum absolute atomic E-state index is 0.0653. The summed E-state index contributed by atoms with van der Waals surface area (Å²) in [5.41, 5.74) is 4.21. The second-order valence-corrected chi connectivity index (χ2v) is 23.8. The van der Waals surface area contributed by atoms with Crippen LogP contribution in [0.1, 0.15) is 67.2 Å². The molecule has 2 N–H and O–H groups in total. The first kappa shape index (κ1) is 44.5. The van der Waals surface area contributed by atoms with Crippen molar-refractivity contribution < 1.29 is 27.8 Å². The SMILES string of the molecule is CC(C)(C)OC(=O)n1c(-c2cnc(N3CCC(CF)CC3)nc2)cc2cc(O[Si](C)(C)C(C)(C)C)ccc21.Oc1ccc2[nH]c(-c3cnc(N4CCC(CF)CC4)nc3)cc2c1. The summed E-state index contributed by atoms with van der Waals surface area (Å²) in [5, 5.41) is 11.4. The number of halogens is 2. The van der Waals surface area contributed by atoms with Crippen LogP contribution in [0, 0.1) is 11.8 Å². The molecule has 2 aromatic carbocycles. The molecular weight excluding hydrogens is 807 g/mol. The van der Waals surface area contributed by atoms with E-state index in [1.54, 1.807) is 41.5 Å². The Balaban J connectivity index is 0.000000206. The Morgan fingerprint density at radius 1 is 0.758 bits per heavy atom. The van der Waals surface area contributed by atoms with Gasteiger partial charge in [0.2, 0.25) is 20.2 Å². The Labute approximate surface area is 363 Å². The summed E-state index contributed by atoms with van der Waals surface area (Å²) in [6.45, 7) is 19.2. The fourth-order valence-corrected chi connectivity index (χ4v) is 8.53. The Morgan fingerprint density at radius 2 is 1.31 bits per heavy atom. The van der Waals surface area contributed by atoms with Crippen LogP contribution in [0.15, 0.2) is 73.3 Å². The van der Waals surface area contributed by atoms with Gasteiger partial charge in [0.15, 0.2) is 0 Å². The number of phenolic OH excluding ortho intramolecular Hbond substituents is 1. The van der Waals surface area contributed by atoms with Crippen molar-refractivity contribution in [2.75, 3.05) is 49.3 Å². The number of H-pyrrole nitrogens is 1. The van der Waals surface area contributed by atoms with Gasteiger partial charge in [0.1, 0.15) is 17.1 Å². The number of benzene rings is 2. The lowest BCUT2D eigenvalue weighted by molar-refractivity contribution is 0.0547. The highest BCUT2D eigenvalue weighted by atomic mass is 28.4. The van der Waals surface area contributed by atoms with Crippen molar-refractivity contribution in [1.29, 1.82) is 0 Å². The summed E-state index contributed by atoms with van der Waals surface area (Å²) in [7, 11) is -2.03. The highest BCUT2D eigenvalue weighted by Crippen LogP contribution is 2.39. The van der Waals surface area contributed by atoms with Gasteiger partial charge in [-0.2, -0.15) is 0 Å². The molecular formula is C47H60F2N8O4Si. The number of hydrogen-bond acceptors (Lipinski definition) is 10. The van der Waals surface area contributed by atoms with Gasteiger partial charge in [0.05, 0.1) is 24.6 Å². The van der Waals surface area contributed by atoms with E-state index in [-0.39, 0.29) is 36.0 Å². The first-order valence-corrected chi connectivity index (χ1v) is 24.5. The molecule has 0 radical (unpaired) electrons. The summed E-state index contributed by atoms with van der Waals surface area (Å²) in [4.78, 5) is 39.0. The number of piperidine rings is 2. The van der Waals surface area contributed by atoms with Gasteiger partial charge in [0.25, 0.3) is 0 Å². The number of alkyl halides is 2. The van der Waals surface area contributed by atoms with Crippen molar-refractivity contribution in [1.82, 2.24) is 29.5 Å². The highest BCUT2D eigenvalue weighted by molar-refractivity contribution is 6.74. The van der Waals surface area contributed by atoms with Gasteiger partial charge >= 0.3 is 6.09 Å². The van der Waals surface area contributed by atoms with Gasteiger partial charge in [0, 0.05) is 84.1 Å². The number of rotatable bonds is 8. The molecule has 2 aliphatic heterocycles. The van der Waals surface area contributed by atoms with Crippen molar-refractivity contribution >= 4 is 48.1 Å². The number of hydrogen-bond donors (Lipinski definition) is 2. The Hall–Kier alpha value is -5.57. The molecule has 2 fully saturated rings. The lowest BCUT2D eigenvalue weighted by Gasteiger charge is -2.36. The zero-order chi connectivity index (χ0) is 44.4. The number of fused-ring (bicyclic) bond motifs is 2. The zero-order valence-electron chi connectivity index (χ0n) is 37.2. The molecule has 6 heterocycles. The van der Waals surface area contributed by atoms with Crippen molar-refractivity contribution in [3.8, 4) is 34.0 Å². The van der Waals surface area contributed by atoms with E-state index < -0.39 is 20.0 Å². The number of carbonyl (C=O) groups is 1. The first-order chi connectivity index (χ1) is 29.4. The largest absolute Gasteiger partial charge is 0.543 e. The molecule has 6 aromatic rings. The van der Waals surface area contributed by atoms with Crippen LogP contribution in [0.25, 0.3) is 44.3 Å². The monoisotopic (exact) mass is 866 g/mol. The van der Waals surface area contributed by atoms with Crippen LogP contribution in [-0.2, 0) is 4.74 Å². The van der Waals surface area contributed by atoms with Crippen LogP contribution in [0.4, 0.5) is 25.5 Å². The number of phenols is 1. The summed E-state index contributed by atoms with van der Waals surface area (Å²) in [5.74, 6) is 2.67. The number of nitrogens with zero attached hydrogens (tertiary/aromatic N) is 7. The smallest absolute Gasteiger partial charge is 0.419 e. The third-order valence-corrected chi connectivity index (χ3v) is 16.6. The van der Waals surface area contributed by atoms with Gasteiger partial charge in [-0.25, -0.2) is 29.3 Å². The molecule has 0 spiro atoms. The van der Waals surface area contributed by atoms with E-state index in [2.05, 4.69) is 68.6 Å². The minimum atomic E-state index is -2.03. The van der Waals surface area contributed by atoms with Crippen LogP contribution in [0.2, 0.25) is 18.1 Å². The standard InChI is InChI=1S/C29H41FN4O3Si.C18H19FN4O/c1-28(2,3)36-27(35)34-24-10-9-23(37-38(7,8)29(4,5)6)15-21(24)16-25(34)22-18-31-26(32-19-22)33-13-11-20(17-30)12-14-33;19-9-12-3-5-23(6-4-12)18-20-10-14(11-21-18)17-8-13-7-15(24)1-2-16(13)22-17/h9-10,15-16,18-20H,11-14,17H2,1-8H3;1-2,7-8,10-12,22,24H,3-6,9H2. The topological polar surface area (TPSA) is 135 Å². The zero-order valence-corrected chi connectivity index (χ0v) is 38.2.